The number of nitrogens with one attached hydrogen (secondary N) is 2. The van der Waals surface area contributed by atoms with Gasteiger partial charge in [0, 0.05) is 35.9 Å². The zero-order valence-electron chi connectivity index (χ0n) is 15.9. The van der Waals surface area contributed by atoms with Gasteiger partial charge in [0.05, 0.1) is 16.5 Å². The molecule has 0 radical (unpaired) electrons. The quantitative estimate of drug-likeness (QED) is 0.718. The highest BCUT2D eigenvalue weighted by molar-refractivity contribution is 6.34. The summed E-state index contributed by atoms with van der Waals surface area (Å²) in [6.07, 6.45) is 0.938. The highest BCUT2D eigenvalue weighted by Crippen LogP contribution is 2.28. The summed E-state index contributed by atoms with van der Waals surface area (Å²) in [5, 5.41) is 6.32. The van der Waals surface area contributed by atoms with Crippen molar-refractivity contribution < 1.29 is 14.4 Å². The summed E-state index contributed by atoms with van der Waals surface area (Å²) in [6.45, 7) is 2.80. The summed E-state index contributed by atoms with van der Waals surface area (Å²) in [7, 11) is 0. The molecule has 2 aromatic rings. The molecule has 6 nitrogen and oxygen atoms in total. The zero-order chi connectivity index (χ0) is 21.0. The highest BCUT2D eigenvalue weighted by Gasteiger charge is 2.35. The molecule has 0 saturated carbocycles. The molecule has 0 aliphatic carbocycles. The van der Waals surface area contributed by atoms with Crippen molar-refractivity contribution in [1.82, 2.24) is 5.32 Å². The van der Waals surface area contributed by atoms with E-state index < -0.39 is 5.92 Å². The fraction of sp³-hybridized carbons (Fsp3) is 0.286. The van der Waals surface area contributed by atoms with Crippen LogP contribution in [0, 0.1) is 5.92 Å². The normalized spacial score (nSPS) is 16.0. The van der Waals surface area contributed by atoms with Crippen LogP contribution >= 0.6 is 23.2 Å². The van der Waals surface area contributed by atoms with Crippen molar-refractivity contribution in [2.24, 2.45) is 5.92 Å². The number of amides is 3. The van der Waals surface area contributed by atoms with Gasteiger partial charge in [-0.3, -0.25) is 14.4 Å². The van der Waals surface area contributed by atoms with Gasteiger partial charge in [-0.2, -0.15) is 0 Å². The Hall–Kier alpha value is -2.57. The summed E-state index contributed by atoms with van der Waals surface area (Å²) in [5.74, 6) is -1.16. The number of carbonyl (C=O) groups excluding carboxylic acids is 3. The molecular weight excluding hydrogens is 413 g/mol. The third-order valence-electron chi connectivity index (χ3n) is 4.63. The lowest BCUT2D eigenvalue weighted by Gasteiger charge is -2.17. The van der Waals surface area contributed by atoms with Gasteiger partial charge in [0.2, 0.25) is 11.8 Å². The van der Waals surface area contributed by atoms with Gasteiger partial charge in [0.15, 0.2) is 0 Å². The number of halogens is 2. The first kappa shape index (κ1) is 21.1. The SMILES string of the molecule is CCCNC(=O)c1ccc(NC(=O)C2CC(=O)N(c3cccc(Cl)c3)C2)cc1Cl. The predicted octanol–water partition coefficient (Wildman–Crippen LogP) is 4.12. The first-order valence-electron chi connectivity index (χ1n) is 9.33. The van der Waals surface area contributed by atoms with Gasteiger partial charge < -0.3 is 15.5 Å². The van der Waals surface area contributed by atoms with Crippen LogP contribution < -0.4 is 15.5 Å². The van der Waals surface area contributed by atoms with Crippen LogP contribution in [0.5, 0.6) is 0 Å². The largest absolute Gasteiger partial charge is 0.352 e. The van der Waals surface area contributed by atoms with Crippen molar-refractivity contribution in [1.29, 1.82) is 0 Å². The van der Waals surface area contributed by atoms with Gasteiger partial charge in [0.25, 0.3) is 5.91 Å². The van der Waals surface area contributed by atoms with E-state index in [4.69, 9.17) is 23.2 Å². The minimum absolute atomic E-state index is 0.115. The van der Waals surface area contributed by atoms with Crippen molar-refractivity contribution in [3.63, 3.8) is 0 Å². The maximum Gasteiger partial charge on any atom is 0.252 e. The van der Waals surface area contributed by atoms with E-state index in [0.717, 1.165) is 6.42 Å². The summed E-state index contributed by atoms with van der Waals surface area (Å²) < 4.78 is 0. The van der Waals surface area contributed by atoms with Gasteiger partial charge in [-0.05, 0) is 42.8 Å². The van der Waals surface area contributed by atoms with Gasteiger partial charge >= 0.3 is 0 Å². The van der Waals surface area contributed by atoms with Gasteiger partial charge in [0.1, 0.15) is 0 Å². The Morgan fingerprint density at radius 3 is 2.66 bits per heavy atom. The topological polar surface area (TPSA) is 78.5 Å². The third kappa shape index (κ3) is 5.08. The molecular formula is C21H21Cl2N3O3. The Balaban J connectivity index is 1.65. The molecule has 1 fully saturated rings. The number of benzene rings is 2. The number of carbonyl (C=O) groups is 3. The molecule has 1 unspecified atom stereocenters. The van der Waals surface area contributed by atoms with Crippen LogP contribution in [-0.4, -0.2) is 30.8 Å². The van der Waals surface area contributed by atoms with Crippen LogP contribution in [-0.2, 0) is 9.59 Å². The second-order valence-corrected chi connectivity index (χ2v) is 7.67. The molecule has 2 N–H and O–H groups in total. The molecule has 0 spiro atoms. The number of rotatable bonds is 6. The van der Waals surface area contributed by atoms with Crippen LogP contribution in [0.3, 0.4) is 0 Å². The summed E-state index contributed by atoms with van der Waals surface area (Å²) >= 11 is 12.2. The summed E-state index contributed by atoms with van der Waals surface area (Å²) in [4.78, 5) is 38.6. The number of hydrogen-bond donors (Lipinski definition) is 2. The van der Waals surface area contributed by atoms with Gasteiger partial charge in [-0.1, -0.05) is 36.2 Å². The van der Waals surface area contributed by atoms with Crippen LogP contribution in [0.25, 0.3) is 0 Å². The predicted molar refractivity (Wildman–Crippen MR) is 115 cm³/mol. The molecule has 3 amide bonds. The van der Waals surface area contributed by atoms with Gasteiger partial charge in [-0.15, -0.1) is 0 Å². The third-order valence-corrected chi connectivity index (χ3v) is 5.18. The van der Waals surface area contributed by atoms with E-state index in [-0.39, 0.29) is 35.7 Å². The van der Waals surface area contributed by atoms with Gasteiger partial charge in [-0.25, -0.2) is 0 Å². The Morgan fingerprint density at radius 2 is 1.97 bits per heavy atom. The molecule has 0 aromatic heterocycles. The zero-order valence-corrected chi connectivity index (χ0v) is 17.4. The fourth-order valence-electron chi connectivity index (χ4n) is 3.13. The standard InChI is InChI=1S/C21H21Cl2N3O3/c1-2-8-24-21(29)17-7-6-15(11-18(17)23)25-20(28)13-9-19(27)26(12-13)16-5-3-4-14(22)10-16/h3-7,10-11,13H,2,8-9,12H2,1H3,(H,24,29)(H,25,28). The van der Waals surface area contributed by atoms with E-state index >= 15 is 0 Å². The van der Waals surface area contributed by atoms with E-state index in [1.165, 1.54) is 6.07 Å². The average molecular weight is 434 g/mol. The molecule has 1 atom stereocenters. The lowest BCUT2D eigenvalue weighted by atomic mass is 10.1. The Morgan fingerprint density at radius 1 is 1.17 bits per heavy atom. The first-order valence-corrected chi connectivity index (χ1v) is 10.1. The van der Waals surface area contributed by atoms with Crippen molar-refractivity contribution in [3.8, 4) is 0 Å². The van der Waals surface area contributed by atoms with Crippen LogP contribution in [0.4, 0.5) is 11.4 Å². The average Bonchev–Trinajstić information content (AvgIpc) is 3.08. The molecule has 1 heterocycles. The number of anilines is 2. The molecule has 1 aliphatic rings. The fourth-order valence-corrected chi connectivity index (χ4v) is 3.58. The maximum atomic E-state index is 12.6. The molecule has 8 heteroatoms. The lowest BCUT2D eigenvalue weighted by molar-refractivity contribution is -0.122. The molecule has 1 aliphatic heterocycles. The summed E-state index contributed by atoms with van der Waals surface area (Å²) in [6, 6.07) is 11.7. The lowest BCUT2D eigenvalue weighted by Crippen LogP contribution is -2.28. The molecule has 29 heavy (non-hydrogen) atoms. The van der Waals surface area contributed by atoms with E-state index in [1.807, 2.05) is 6.92 Å². The van der Waals surface area contributed by atoms with E-state index in [0.29, 0.717) is 28.5 Å². The minimum atomic E-state index is -0.493. The molecule has 0 bridgehead atoms. The first-order chi connectivity index (χ1) is 13.9. The van der Waals surface area contributed by atoms with Crippen molar-refractivity contribution in [2.75, 3.05) is 23.3 Å². The smallest absolute Gasteiger partial charge is 0.252 e. The van der Waals surface area contributed by atoms with Crippen molar-refractivity contribution in [3.05, 3.63) is 58.1 Å². The number of nitrogens with zero attached hydrogens (tertiary/aromatic N) is 1. The summed E-state index contributed by atoms with van der Waals surface area (Å²) in [5.41, 5.74) is 1.49. The highest BCUT2D eigenvalue weighted by atomic mass is 35.5. The Kier molecular flexibility index (Phi) is 6.77. The van der Waals surface area contributed by atoms with Crippen LogP contribution in [0.2, 0.25) is 10.0 Å². The number of hydrogen-bond acceptors (Lipinski definition) is 3. The molecule has 1 saturated heterocycles. The van der Waals surface area contributed by atoms with Crippen molar-refractivity contribution in [2.45, 2.75) is 19.8 Å². The van der Waals surface area contributed by atoms with E-state index in [1.54, 1.807) is 41.3 Å². The Bertz CT molecular complexity index is 949. The van der Waals surface area contributed by atoms with E-state index in [9.17, 15) is 14.4 Å². The Labute approximate surface area is 179 Å². The molecule has 152 valence electrons. The van der Waals surface area contributed by atoms with Crippen molar-refractivity contribution >= 4 is 52.3 Å². The van der Waals surface area contributed by atoms with Crippen LogP contribution in [0.1, 0.15) is 30.1 Å². The maximum absolute atomic E-state index is 12.6. The van der Waals surface area contributed by atoms with E-state index in [2.05, 4.69) is 10.6 Å². The monoisotopic (exact) mass is 433 g/mol. The molecule has 3 rings (SSSR count). The second-order valence-electron chi connectivity index (χ2n) is 6.83. The minimum Gasteiger partial charge on any atom is -0.352 e. The van der Waals surface area contributed by atoms with Crippen LogP contribution in [0.15, 0.2) is 42.5 Å². The second kappa shape index (κ2) is 9.29. The molecule has 2 aromatic carbocycles.